The van der Waals surface area contributed by atoms with Crippen LogP contribution in [0.15, 0.2) is 0 Å². The zero-order valence-electron chi connectivity index (χ0n) is 9.90. The van der Waals surface area contributed by atoms with E-state index in [0.29, 0.717) is 13.0 Å². The van der Waals surface area contributed by atoms with E-state index in [1.165, 1.54) is 0 Å². The Morgan fingerprint density at radius 1 is 1.62 bits per heavy atom. The van der Waals surface area contributed by atoms with Crippen molar-refractivity contribution in [2.24, 2.45) is 0 Å². The molecular weight excluding hydrogens is 208 g/mol. The SMILES string of the molecule is CCN1CCC(C)NC(CCC(=O)O)C1=O. The number of hydrogen-bond donors (Lipinski definition) is 2. The molecule has 0 radical (unpaired) electrons. The first-order valence-corrected chi connectivity index (χ1v) is 5.81. The number of carbonyl (C=O) groups is 2. The lowest BCUT2D eigenvalue weighted by Crippen LogP contribution is -2.45. The second kappa shape index (κ2) is 5.84. The highest BCUT2D eigenvalue weighted by Crippen LogP contribution is 2.10. The minimum absolute atomic E-state index is 0.0353. The van der Waals surface area contributed by atoms with Crippen LogP contribution in [0, 0.1) is 0 Å². The fraction of sp³-hybridized carbons (Fsp3) is 0.818. The van der Waals surface area contributed by atoms with Crippen LogP contribution in [0.3, 0.4) is 0 Å². The number of carboxylic acids is 1. The molecule has 1 heterocycles. The van der Waals surface area contributed by atoms with Gasteiger partial charge >= 0.3 is 5.97 Å². The predicted molar refractivity (Wildman–Crippen MR) is 60.1 cm³/mol. The lowest BCUT2D eigenvalue weighted by molar-refractivity contribution is -0.137. The summed E-state index contributed by atoms with van der Waals surface area (Å²) in [6, 6.07) is -0.0761. The van der Waals surface area contributed by atoms with Gasteiger partial charge in [-0.2, -0.15) is 0 Å². The third-order valence-electron chi connectivity index (χ3n) is 2.96. The van der Waals surface area contributed by atoms with Gasteiger partial charge in [0.05, 0.1) is 6.04 Å². The molecular formula is C11H20N2O3. The Morgan fingerprint density at radius 3 is 2.88 bits per heavy atom. The summed E-state index contributed by atoms with van der Waals surface area (Å²) >= 11 is 0. The molecule has 0 spiro atoms. The van der Waals surface area contributed by atoms with E-state index >= 15 is 0 Å². The Balaban J connectivity index is 2.62. The molecule has 0 bridgehead atoms. The maximum absolute atomic E-state index is 12.0. The van der Waals surface area contributed by atoms with Crippen molar-refractivity contribution in [1.82, 2.24) is 10.2 Å². The summed E-state index contributed by atoms with van der Waals surface area (Å²) in [5.74, 6) is -0.817. The molecule has 1 aliphatic heterocycles. The van der Waals surface area contributed by atoms with Gasteiger partial charge in [0.15, 0.2) is 0 Å². The molecule has 16 heavy (non-hydrogen) atoms. The summed E-state index contributed by atoms with van der Waals surface area (Å²) < 4.78 is 0. The Bertz CT molecular complexity index is 268. The van der Waals surface area contributed by atoms with Gasteiger partial charge < -0.3 is 15.3 Å². The standard InChI is InChI=1S/C11H20N2O3/c1-3-13-7-6-8(2)12-9(11(13)16)4-5-10(14)15/h8-9,12H,3-7H2,1-2H3,(H,14,15). The molecule has 2 N–H and O–H groups in total. The maximum atomic E-state index is 12.0. The third kappa shape index (κ3) is 3.48. The van der Waals surface area contributed by atoms with Crippen LogP contribution in [-0.2, 0) is 9.59 Å². The molecule has 1 saturated heterocycles. The molecule has 0 aromatic heterocycles. The Kier molecular flexibility index (Phi) is 4.73. The van der Waals surface area contributed by atoms with Crippen molar-refractivity contribution in [3.05, 3.63) is 0 Å². The minimum Gasteiger partial charge on any atom is -0.481 e. The van der Waals surface area contributed by atoms with Crippen molar-refractivity contribution in [2.75, 3.05) is 13.1 Å². The molecule has 1 fully saturated rings. The number of carbonyl (C=O) groups excluding carboxylic acids is 1. The number of nitrogens with one attached hydrogen (secondary N) is 1. The van der Waals surface area contributed by atoms with Crippen LogP contribution in [0.2, 0.25) is 0 Å². The van der Waals surface area contributed by atoms with Gasteiger partial charge in [0.25, 0.3) is 0 Å². The first kappa shape index (κ1) is 13.0. The zero-order chi connectivity index (χ0) is 12.1. The maximum Gasteiger partial charge on any atom is 0.303 e. The van der Waals surface area contributed by atoms with E-state index in [-0.39, 0.29) is 24.4 Å². The summed E-state index contributed by atoms with van der Waals surface area (Å²) in [5.41, 5.74) is 0. The third-order valence-corrected chi connectivity index (χ3v) is 2.96. The molecule has 1 aliphatic rings. The first-order valence-electron chi connectivity index (χ1n) is 5.81. The molecule has 1 amide bonds. The van der Waals surface area contributed by atoms with Gasteiger partial charge in [-0.1, -0.05) is 0 Å². The molecule has 2 atom stereocenters. The van der Waals surface area contributed by atoms with Gasteiger partial charge in [-0.15, -0.1) is 0 Å². The Labute approximate surface area is 95.8 Å². The van der Waals surface area contributed by atoms with Gasteiger partial charge in [0.1, 0.15) is 0 Å². The zero-order valence-corrected chi connectivity index (χ0v) is 9.90. The quantitative estimate of drug-likeness (QED) is 0.733. The Hall–Kier alpha value is -1.10. The highest BCUT2D eigenvalue weighted by molar-refractivity contribution is 5.82. The van der Waals surface area contributed by atoms with E-state index in [4.69, 9.17) is 5.11 Å². The topological polar surface area (TPSA) is 69.6 Å². The monoisotopic (exact) mass is 228 g/mol. The van der Waals surface area contributed by atoms with Crippen molar-refractivity contribution in [1.29, 1.82) is 0 Å². The van der Waals surface area contributed by atoms with Crippen molar-refractivity contribution in [3.63, 3.8) is 0 Å². The predicted octanol–water partition coefficient (Wildman–Crippen LogP) is 0.450. The van der Waals surface area contributed by atoms with Gasteiger partial charge in [-0.05, 0) is 26.7 Å². The summed E-state index contributed by atoms with van der Waals surface area (Å²) in [6.45, 7) is 5.42. The molecule has 0 saturated carbocycles. The van der Waals surface area contributed by atoms with E-state index in [1.807, 2.05) is 13.8 Å². The average Bonchev–Trinajstić information content (AvgIpc) is 2.36. The minimum atomic E-state index is -0.852. The fourth-order valence-corrected chi connectivity index (χ4v) is 1.97. The molecule has 0 aliphatic carbocycles. The molecule has 92 valence electrons. The van der Waals surface area contributed by atoms with E-state index in [0.717, 1.165) is 13.0 Å². The highest BCUT2D eigenvalue weighted by atomic mass is 16.4. The van der Waals surface area contributed by atoms with Crippen molar-refractivity contribution in [3.8, 4) is 0 Å². The molecule has 2 unspecified atom stereocenters. The molecule has 5 heteroatoms. The van der Waals surface area contributed by atoms with Crippen LogP contribution in [-0.4, -0.2) is 47.1 Å². The second-order valence-electron chi connectivity index (χ2n) is 4.26. The molecule has 0 aromatic carbocycles. The summed E-state index contributed by atoms with van der Waals surface area (Å²) in [5, 5.41) is 11.8. The fourth-order valence-electron chi connectivity index (χ4n) is 1.97. The first-order chi connectivity index (χ1) is 7.54. The number of nitrogens with zero attached hydrogens (tertiary/aromatic N) is 1. The summed E-state index contributed by atoms with van der Waals surface area (Å²) in [6.07, 6.45) is 1.33. The lowest BCUT2D eigenvalue weighted by Gasteiger charge is -2.22. The number of hydrogen-bond acceptors (Lipinski definition) is 3. The summed E-state index contributed by atoms with van der Waals surface area (Å²) in [4.78, 5) is 24.3. The molecule has 0 aromatic rings. The van der Waals surface area contributed by atoms with Crippen LogP contribution in [0.5, 0.6) is 0 Å². The van der Waals surface area contributed by atoms with Crippen LogP contribution in [0.4, 0.5) is 0 Å². The van der Waals surface area contributed by atoms with Gasteiger partial charge in [0, 0.05) is 25.6 Å². The van der Waals surface area contributed by atoms with E-state index in [1.54, 1.807) is 4.90 Å². The van der Waals surface area contributed by atoms with Crippen molar-refractivity contribution < 1.29 is 14.7 Å². The number of carboxylic acid groups (broad SMARTS) is 1. The van der Waals surface area contributed by atoms with Crippen LogP contribution < -0.4 is 5.32 Å². The smallest absolute Gasteiger partial charge is 0.303 e. The van der Waals surface area contributed by atoms with Gasteiger partial charge in [0.2, 0.25) is 5.91 Å². The number of likely N-dealkylation sites (N-methyl/N-ethyl adjacent to an activating group) is 1. The highest BCUT2D eigenvalue weighted by Gasteiger charge is 2.28. The normalized spacial score (nSPS) is 26.6. The van der Waals surface area contributed by atoms with E-state index in [9.17, 15) is 9.59 Å². The second-order valence-corrected chi connectivity index (χ2v) is 4.26. The average molecular weight is 228 g/mol. The van der Waals surface area contributed by atoms with Gasteiger partial charge in [-0.3, -0.25) is 9.59 Å². The van der Waals surface area contributed by atoms with Crippen LogP contribution >= 0.6 is 0 Å². The molecule has 5 nitrogen and oxygen atoms in total. The van der Waals surface area contributed by atoms with E-state index in [2.05, 4.69) is 5.32 Å². The van der Waals surface area contributed by atoms with Crippen LogP contribution in [0.1, 0.15) is 33.1 Å². The number of aliphatic carboxylic acids is 1. The van der Waals surface area contributed by atoms with Crippen LogP contribution in [0.25, 0.3) is 0 Å². The van der Waals surface area contributed by atoms with Gasteiger partial charge in [-0.25, -0.2) is 0 Å². The van der Waals surface area contributed by atoms with E-state index < -0.39 is 5.97 Å². The largest absolute Gasteiger partial charge is 0.481 e. The summed E-state index contributed by atoms with van der Waals surface area (Å²) in [7, 11) is 0. The number of rotatable bonds is 4. The number of amides is 1. The Morgan fingerprint density at radius 2 is 2.31 bits per heavy atom. The lowest BCUT2D eigenvalue weighted by atomic mass is 10.1. The molecule has 1 rings (SSSR count). The van der Waals surface area contributed by atoms with Crippen molar-refractivity contribution >= 4 is 11.9 Å². The van der Waals surface area contributed by atoms with Crippen molar-refractivity contribution in [2.45, 2.75) is 45.2 Å².